The zero-order valence-electron chi connectivity index (χ0n) is 8.19. The van der Waals surface area contributed by atoms with Gasteiger partial charge < -0.3 is 4.74 Å². The van der Waals surface area contributed by atoms with E-state index < -0.39 is 14.3 Å². The molecule has 1 aliphatic rings. The summed E-state index contributed by atoms with van der Waals surface area (Å²) < 4.78 is 4.92. The maximum atomic E-state index is 10.6. The van der Waals surface area contributed by atoms with Gasteiger partial charge in [-0.15, -0.1) is 0 Å². The Morgan fingerprint density at radius 3 is 2.62 bits per heavy atom. The Morgan fingerprint density at radius 1 is 1.54 bits per heavy atom. The van der Waals surface area contributed by atoms with E-state index in [9.17, 15) is 10.1 Å². The second-order valence-corrected chi connectivity index (χ2v) is 10.1. The van der Waals surface area contributed by atoms with Gasteiger partial charge in [-0.1, -0.05) is 19.6 Å². The molecule has 0 aromatic carbocycles. The van der Waals surface area contributed by atoms with Crippen molar-refractivity contribution in [2.75, 3.05) is 0 Å². The van der Waals surface area contributed by atoms with Gasteiger partial charge in [0.2, 0.25) is 0 Å². The van der Waals surface area contributed by atoms with Crippen molar-refractivity contribution in [3.8, 4) is 0 Å². The second kappa shape index (κ2) is 3.49. The van der Waals surface area contributed by atoms with Crippen molar-refractivity contribution in [2.24, 2.45) is 5.92 Å². The van der Waals surface area contributed by atoms with E-state index in [4.69, 9.17) is 4.74 Å². The lowest BCUT2D eigenvalue weighted by atomic mass is 10.2. The Kier molecular flexibility index (Phi) is 2.75. The molecule has 0 fully saturated rings. The highest BCUT2D eigenvalue weighted by molar-refractivity contribution is 6.76. The summed E-state index contributed by atoms with van der Waals surface area (Å²) in [5, 5.41) is 10.6. The first-order valence-electron chi connectivity index (χ1n) is 4.36. The minimum Gasteiger partial charge on any atom is -0.438 e. The molecule has 0 aliphatic carbocycles. The average Bonchev–Trinajstić information content (AvgIpc) is 2.31. The van der Waals surface area contributed by atoms with Crippen LogP contribution in [0, 0.1) is 16.0 Å². The molecule has 0 aromatic heterocycles. The Labute approximate surface area is 78.7 Å². The standard InChI is InChI=1S/C8H15NO3Si/c1-13(2,3)6-7-4-5-12-8(7)9(10)11/h4-5,7-8H,6H2,1-3H3/t7-,8+/m0/s1. The van der Waals surface area contributed by atoms with Crippen LogP contribution >= 0.6 is 0 Å². The highest BCUT2D eigenvalue weighted by Crippen LogP contribution is 2.27. The third-order valence-electron chi connectivity index (χ3n) is 1.97. The highest BCUT2D eigenvalue weighted by Gasteiger charge is 2.37. The Hall–Kier alpha value is -0.843. The topological polar surface area (TPSA) is 52.4 Å². The van der Waals surface area contributed by atoms with Crippen LogP contribution in [-0.4, -0.2) is 19.2 Å². The number of hydrogen-bond donors (Lipinski definition) is 0. The molecule has 0 bridgehead atoms. The first-order valence-corrected chi connectivity index (χ1v) is 8.06. The normalized spacial score (nSPS) is 27.3. The zero-order chi connectivity index (χ0) is 10.1. The van der Waals surface area contributed by atoms with Gasteiger partial charge in [0.15, 0.2) is 0 Å². The summed E-state index contributed by atoms with van der Waals surface area (Å²) in [6.45, 7) is 6.61. The average molecular weight is 201 g/mol. The molecule has 0 saturated carbocycles. The van der Waals surface area contributed by atoms with E-state index in [1.807, 2.05) is 6.08 Å². The van der Waals surface area contributed by atoms with Crippen LogP contribution in [-0.2, 0) is 4.74 Å². The van der Waals surface area contributed by atoms with Crippen LogP contribution in [0.15, 0.2) is 12.3 Å². The molecule has 0 saturated heterocycles. The van der Waals surface area contributed by atoms with Gasteiger partial charge in [-0.2, -0.15) is 0 Å². The van der Waals surface area contributed by atoms with Crippen molar-refractivity contribution in [3.63, 3.8) is 0 Å². The fourth-order valence-electron chi connectivity index (χ4n) is 1.50. The van der Waals surface area contributed by atoms with Gasteiger partial charge >= 0.3 is 6.23 Å². The molecule has 0 aromatic rings. The molecule has 1 rings (SSSR count). The molecule has 13 heavy (non-hydrogen) atoms. The molecular formula is C8H15NO3Si. The highest BCUT2D eigenvalue weighted by atomic mass is 28.3. The largest absolute Gasteiger partial charge is 0.438 e. The fourth-order valence-corrected chi connectivity index (χ4v) is 3.26. The molecule has 0 N–H and O–H groups in total. The van der Waals surface area contributed by atoms with E-state index in [1.165, 1.54) is 6.26 Å². The van der Waals surface area contributed by atoms with Gasteiger partial charge in [0.1, 0.15) is 0 Å². The fraction of sp³-hybridized carbons (Fsp3) is 0.750. The third kappa shape index (κ3) is 2.84. The van der Waals surface area contributed by atoms with Crippen LogP contribution in [0.3, 0.4) is 0 Å². The predicted octanol–water partition coefficient (Wildman–Crippen LogP) is 2.09. The van der Waals surface area contributed by atoms with Crippen molar-refractivity contribution in [2.45, 2.75) is 31.9 Å². The summed E-state index contributed by atoms with van der Waals surface area (Å²) >= 11 is 0. The second-order valence-electron chi connectivity index (χ2n) is 4.57. The van der Waals surface area contributed by atoms with Crippen molar-refractivity contribution in [3.05, 3.63) is 22.5 Å². The molecule has 1 heterocycles. The molecule has 5 heteroatoms. The first kappa shape index (κ1) is 10.2. The van der Waals surface area contributed by atoms with Crippen LogP contribution in [0.1, 0.15) is 0 Å². The first-order chi connectivity index (χ1) is 5.90. The van der Waals surface area contributed by atoms with E-state index in [-0.39, 0.29) is 10.8 Å². The van der Waals surface area contributed by atoms with E-state index >= 15 is 0 Å². The van der Waals surface area contributed by atoms with Crippen molar-refractivity contribution in [1.82, 2.24) is 0 Å². The monoisotopic (exact) mass is 201 g/mol. The van der Waals surface area contributed by atoms with Gasteiger partial charge in [-0.25, -0.2) is 0 Å². The lowest BCUT2D eigenvalue weighted by molar-refractivity contribution is -0.573. The summed E-state index contributed by atoms with van der Waals surface area (Å²) in [6.07, 6.45) is 2.43. The number of rotatable bonds is 3. The maximum Gasteiger partial charge on any atom is 0.359 e. The molecule has 0 amide bonds. The summed E-state index contributed by atoms with van der Waals surface area (Å²) in [6, 6.07) is 0.912. The summed E-state index contributed by atoms with van der Waals surface area (Å²) in [4.78, 5) is 10.2. The van der Waals surface area contributed by atoms with Crippen molar-refractivity contribution >= 4 is 8.07 Å². The smallest absolute Gasteiger partial charge is 0.359 e. The van der Waals surface area contributed by atoms with Crippen LogP contribution in [0.5, 0.6) is 0 Å². The molecule has 0 radical (unpaired) electrons. The van der Waals surface area contributed by atoms with Gasteiger partial charge in [-0.3, -0.25) is 10.1 Å². The number of nitro groups is 1. The van der Waals surface area contributed by atoms with Crippen LogP contribution < -0.4 is 0 Å². The molecule has 1 aliphatic heterocycles. The van der Waals surface area contributed by atoms with Crippen LogP contribution in [0.25, 0.3) is 0 Å². The van der Waals surface area contributed by atoms with Gasteiger partial charge in [-0.05, 0) is 12.1 Å². The minimum absolute atomic E-state index is 0.0262. The SMILES string of the molecule is C[Si](C)(C)C[C@@H]1C=CO[C@H]1[N+](=O)[O-]. The number of hydrogen-bond acceptors (Lipinski definition) is 3. The van der Waals surface area contributed by atoms with E-state index in [0.29, 0.717) is 0 Å². The molecule has 0 unspecified atom stereocenters. The molecule has 2 atom stereocenters. The lowest BCUT2D eigenvalue weighted by Crippen LogP contribution is -2.32. The third-order valence-corrected chi connectivity index (χ3v) is 3.66. The number of ether oxygens (including phenoxy) is 1. The minimum atomic E-state index is -1.25. The van der Waals surface area contributed by atoms with Gasteiger partial charge in [0.25, 0.3) is 0 Å². The molecular weight excluding hydrogens is 186 g/mol. The summed E-state index contributed by atoms with van der Waals surface area (Å²) in [7, 11) is -1.25. The Bertz CT molecular complexity index is 234. The van der Waals surface area contributed by atoms with Crippen LogP contribution in [0.2, 0.25) is 25.7 Å². The molecule has 74 valence electrons. The lowest BCUT2D eigenvalue weighted by Gasteiger charge is -2.20. The summed E-state index contributed by atoms with van der Waals surface area (Å²) in [5.41, 5.74) is 0. The number of nitrogens with zero attached hydrogens (tertiary/aromatic N) is 1. The summed E-state index contributed by atoms with van der Waals surface area (Å²) in [5.74, 6) is -0.0262. The zero-order valence-corrected chi connectivity index (χ0v) is 9.19. The molecule has 4 nitrogen and oxygen atoms in total. The quantitative estimate of drug-likeness (QED) is 0.399. The van der Waals surface area contributed by atoms with Crippen molar-refractivity contribution in [1.29, 1.82) is 0 Å². The van der Waals surface area contributed by atoms with Crippen LogP contribution in [0.4, 0.5) is 0 Å². The van der Waals surface area contributed by atoms with Gasteiger partial charge in [0.05, 0.1) is 17.1 Å². The predicted molar refractivity (Wildman–Crippen MR) is 52.7 cm³/mol. The van der Waals surface area contributed by atoms with E-state index in [1.54, 1.807) is 0 Å². The maximum absolute atomic E-state index is 10.6. The molecule has 0 spiro atoms. The Morgan fingerprint density at radius 2 is 2.15 bits per heavy atom. The van der Waals surface area contributed by atoms with Crippen molar-refractivity contribution < 1.29 is 9.66 Å². The Balaban J connectivity index is 2.59. The van der Waals surface area contributed by atoms with E-state index in [2.05, 4.69) is 19.6 Å². The van der Waals surface area contributed by atoms with E-state index in [0.717, 1.165) is 6.04 Å². The van der Waals surface area contributed by atoms with Gasteiger partial charge in [0, 0.05) is 8.07 Å².